The van der Waals surface area contributed by atoms with E-state index in [1.165, 1.54) is 11.3 Å². The maximum Gasteiger partial charge on any atom is 0.338 e. The maximum atomic E-state index is 13.9. The molecular weight excluding hydrogens is 524 g/mol. The van der Waals surface area contributed by atoms with Crippen molar-refractivity contribution in [2.24, 2.45) is 4.99 Å². The van der Waals surface area contributed by atoms with Gasteiger partial charge < -0.3 is 14.2 Å². The van der Waals surface area contributed by atoms with Crippen LogP contribution in [0.2, 0.25) is 5.02 Å². The van der Waals surface area contributed by atoms with Crippen molar-refractivity contribution in [3.8, 4) is 11.5 Å². The van der Waals surface area contributed by atoms with E-state index in [4.69, 9.17) is 30.8 Å². The number of hydrogen-bond donors (Lipinski definition) is 0. The fourth-order valence-corrected chi connectivity index (χ4v) is 5.78. The smallest absolute Gasteiger partial charge is 0.338 e. The molecule has 0 spiro atoms. The Morgan fingerprint density at radius 2 is 1.79 bits per heavy atom. The third-order valence-corrected chi connectivity index (χ3v) is 7.58. The average molecular weight is 545 g/mol. The van der Waals surface area contributed by atoms with Gasteiger partial charge in [-0.15, -0.1) is 0 Å². The van der Waals surface area contributed by atoms with Crippen LogP contribution >= 0.6 is 22.9 Å². The number of carbonyl (C=O) groups excluding carboxylic acids is 1. The molecule has 2 aliphatic rings. The monoisotopic (exact) mass is 544 g/mol. The van der Waals surface area contributed by atoms with Crippen LogP contribution in [0, 0.1) is 0 Å². The van der Waals surface area contributed by atoms with E-state index in [0.717, 1.165) is 11.1 Å². The molecule has 0 fully saturated rings. The molecule has 1 aromatic heterocycles. The molecule has 1 atom stereocenters. The summed E-state index contributed by atoms with van der Waals surface area (Å²) in [5.74, 6) is 0.605. The molecule has 0 amide bonds. The molecule has 7 nitrogen and oxygen atoms in total. The topological polar surface area (TPSA) is 79.1 Å². The molecule has 0 saturated heterocycles. The predicted molar refractivity (Wildman–Crippen MR) is 145 cm³/mol. The van der Waals surface area contributed by atoms with Gasteiger partial charge in [-0.1, -0.05) is 83.6 Å². The summed E-state index contributed by atoms with van der Waals surface area (Å²) in [7, 11) is 0. The van der Waals surface area contributed by atoms with Crippen molar-refractivity contribution in [1.29, 1.82) is 0 Å². The first kappa shape index (κ1) is 24.2. The molecule has 0 unspecified atom stereocenters. The van der Waals surface area contributed by atoms with Crippen molar-refractivity contribution in [1.82, 2.24) is 4.57 Å². The van der Waals surface area contributed by atoms with Crippen molar-refractivity contribution in [2.45, 2.75) is 13.0 Å². The van der Waals surface area contributed by atoms with Gasteiger partial charge in [0.15, 0.2) is 16.3 Å². The van der Waals surface area contributed by atoms with Crippen LogP contribution in [0.15, 0.2) is 88.2 Å². The van der Waals surface area contributed by atoms with E-state index in [-0.39, 0.29) is 19.0 Å². The van der Waals surface area contributed by atoms with Crippen molar-refractivity contribution >= 4 is 40.7 Å². The summed E-state index contributed by atoms with van der Waals surface area (Å²) >= 11 is 7.73. The number of halogens is 1. The van der Waals surface area contributed by atoms with Crippen LogP contribution in [-0.4, -0.2) is 23.9 Å². The molecule has 38 heavy (non-hydrogen) atoms. The zero-order valence-electron chi connectivity index (χ0n) is 20.2. The Kier molecular flexibility index (Phi) is 6.35. The summed E-state index contributed by atoms with van der Waals surface area (Å²) in [4.78, 5) is 32.7. The predicted octanol–water partition coefficient (Wildman–Crippen LogP) is 4.32. The lowest BCUT2D eigenvalue weighted by molar-refractivity contribution is -0.138. The molecule has 190 valence electrons. The molecule has 2 aliphatic heterocycles. The van der Waals surface area contributed by atoms with Gasteiger partial charge in [0.25, 0.3) is 5.56 Å². The van der Waals surface area contributed by atoms with Crippen LogP contribution in [-0.2, 0) is 9.53 Å². The Balaban J connectivity index is 1.62. The average Bonchev–Trinajstić information content (AvgIpc) is 3.52. The highest BCUT2D eigenvalue weighted by molar-refractivity contribution is 7.07. The molecule has 3 aromatic carbocycles. The number of aromatic nitrogens is 1. The second-order valence-electron chi connectivity index (χ2n) is 8.57. The van der Waals surface area contributed by atoms with Crippen molar-refractivity contribution in [2.75, 3.05) is 13.4 Å². The summed E-state index contributed by atoms with van der Waals surface area (Å²) in [5.41, 5.74) is 2.65. The number of benzene rings is 3. The van der Waals surface area contributed by atoms with Gasteiger partial charge in [0.1, 0.15) is 0 Å². The van der Waals surface area contributed by atoms with Crippen LogP contribution in [0.3, 0.4) is 0 Å². The minimum Gasteiger partial charge on any atom is -0.463 e. The van der Waals surface area contributed by atoms with E-state index < -0.39 is 12.0 Å². The summed E-state index contributed by atoms with van der Waals surface area (Å²) < 4.78 is 18.3. The second-order valence-corrected chi connectivity index (χ2v) is 9.99. The number of nitrogens with zero attached hydrogens (tertiary/aromatic N) is 2. The van der Waals surface area contributed by atoms with Gasteiger partial charge in [0.05, 0.1) is 33.5 Å². The van der Waals surface area contributed by atoms with E-state index in [2.05, 4.69) is 0 Å². The number of carbonyl (C=O) groups is 1. The number of rotatable bonds is 5. The number of ether oxygens (including phenoxy) is 3. The molecule has 6 rings (SSSR count). The highest BCUT2D eigenvalue weighted by atomic mass is 35.5. The fraction of sp³-hybridized carbons (Fsp3) is 0.138. The Hall–Kier alpha value is -4.14. The third kappa shape index (κ3) is 4.21. The lowest BCUT2D eigenvalue weighted by Crippen LogP contribution is -2.40. The summed E-state index contributed by atoms with van der Waals surface area (Å²) in [6, 6.07) is 21.6. The number of esters is 1. The number of fused-ring (bicyclic) bond motifs is 2. The quantitative estimate of drug-likeness (QED) is 0.350. The van der Waals surface area contributed by atoms with E-state index in [0.29, 0.717) is 42.7 Å². The minimum absolute atomic E-state index is 0.118. The lowest BCUT2D eigenvalue weighted by atomic mass is 9.93. The Morgan fingerprint density at radius 1 is 1.11 bits per heavy atom. The van der Waals surface area contributed by atoms with E-state index in [9.17, 15) is 9.59 Å². The SMILES string of the molecule is CCOC(=O)C1=C(c2ccccc2)N=c2s/c(=C/c3cc4c(cc3Cl)OCO4)c(=O)n2[C@@H]1c1ccccc1. The minimum atomic E-state index is -0.726. The highest BCUT2D eigenvalue weighted by Crippen LogP contribution is 2.37. The lowest BCUT2D eigenvalue weighted by Gasteiger charge is -2.25. The van der Waals surface area contributed by atoms with Crippen molar-refractivity contribution < 1.29 is 19.0 Å². The standard InChI is InChI=1S/C29H21ClN2O5S/c1-2-35-28(34)24-25(17-9-5-3-6-10-17)31-29-32(26(24)18-11-7-4-8-12-18)27(33)23(38-29)14-19-13-21-22(15-20(19)30)37-16-36-21/h3-15,26H,2,16H2,1H3/b23-14+/t26-/m1/s1. The van der Waals surface area contributed by atoms with Crippen LogP contribution in [0.25, 0.3) is 11.8 Å². The Labute approximate surface area is 226 Å². The zero-order valence-corrected chi connectivity index (χ0v) is 21.8. The summed E-state index contributed by atoms with van der Waals surface area (Å²) in [5, 5.41) is 0.428. The van der Waals surface area contributed by atoms with Crippen LogP contribution in [0.5, 0.6) is 11.5 Å². The van der Waals surface area contributed by atoms with Gasteiger partial charge in [0.2, 0.25) is 6.79 Å². The van der Waals surface area contributed by atoms with Gasteiger partial charge >= 0.3 is 5.97 Å². The van der Waals surface area contributed by atoms with Gasteiger partial charge in [-0.05, 0) is 30.2 Å². The normalized spacial score (nSPS) is 16.3. The molecule has 0 radical (unpaired) electrons. The maximum absolute atomic E-state index is 13.9. The van der Waals surface area contributed by atoms with E-state index in [1.807, 2.05) is 60.7 Å². The first-order valence-corrected chi connectivity index (χ1v) is 13.2. The fourth-order valence-electron chi connectivity index (χ4n) is 4.58. The van der Waals surface area contributed by atoms with Gasteiger partial charge in [0, 0.05) is 11.6 Å². The van der Waals surface area contributed by atoms with Crippen molar-refractivity contribution in [3.05, 3.63) is 120 Å². The summed E-state index contributed by atoms with van der Waals surface area (Å²) in [6.45, 7) is 2.06. The van der Waals surface area contributed by atoms with Gasteiger partial charge in [-0.25, -0.2) is 9.79 Å². The van der Waals surface area contributed by atoms with E-state index in [1.54, 1.807) is 29.7 Å². The zero-order chi connectivity index (χ0) is 26.2. The number of thiazole rings is 1. The van der Waals surface area contributed by atoms with Crippen LogP contribution in [0.1, 0.15) is 29.7 Å². The van der Waals surface area contributed by atoms with Crippen LogP contribution in [0.4, 0.5) is 0 Å². The Bertz CT molecular complexity index is 1760. The molecule has 4 aromatic rings. The number of hydrogen-bond acceptors (Lipinski definition) is 7. The van der Waals surface area contributed by atoms with Crippen molar-refractivity contribution in [3.63, 3.8) is 0 Å². The Morgan fingerprint density at radius 3 is 2.50 bits per heavy atom. The first-order valence-electron chi connectivity index (χ1n) is 12.0. The second kappa shape index (κ2) is 9.96. The molecule has 9 heteroatoms. The first-order chi connectivity index (χ1) is 18.5. The van der Waals surface area contributed by atoms with Gasteiger partial charge in [-0.2, -0.15) is 0 Å². The molecule has 0 N–H and O–H groups in total. The molecule has 0 aliphatic carbocycles. The molecular formula is C29H21ClN2O5S. The summed E-state index contributed by atoms with van der Waals surface area (Å²) in [6.07, 6.45) is 1.71. The molecule has 0 bridgehead atoms. The van der Waals surface area contributed by atoms with E-state index >= 15 is 0 Å². The highest BCUT2D eigenvalue weighted by Gasteiger charge is 2.35. The molecule has 3 heterocycles. The van der Waals surface area contributed by atoms with Crippen LogP contribution < -0.4 is 24.4 Å². The largest absolute Gasteiger partial charge is 0.463 e. The molecule has 0 saturated carbocycles. The third-order valence-electron chi connectivity index (χ3n) is 6.27. The van der Waals surface area contributed by atoms with Gasteiger partial charge in [-0.3, -0.25) is 9.36 Å².